The third-order valence-corrected chi connectivity index (χ3v) is 2.30. The first-order chi connectivity index (χ1) is 6.78. The molecule has 0 spiro atoms. The third-order valence-electron chi connectivity index (χ3n) is 2.30. The summed E-state index contributed by atoms with van der Waals surface area (Å²) in [5.74, 6) is -2.17. The van der Waals surface area contributed by atoms with Gasteiger partial charge >= 0.3 is 11.9 Å². The number of hydroxylamine groups is 2. The minimum atomic E-state index is -1.28. The molecule has 7 nitrogen and oxygen atoms in total. The van der Waals surface area contributed by atoms with E-state index in [2.05, 4.69) is 0 Å². The molecule has 0 aromatic rings. The van der Waals surface area contributed by atoms with Gasteiger partial charge in [0, 0.05) is 12.8 Å². The van der Waals surface area contributed by atoms with Crippen LogP contribution in [-0.4, -0.2) is 32.9 Å². The SMILES string of the molecule is CC(CCC(=O)O)(CCC(=O)O)[NH+]([O-])O. The van der Waals surface area contributed by atoms with E-state index in [0.717, 1.165) is 0 Å². The standard InChI is InChI=1S/C8H15NO6/c1-8(9(14)15,4-2-6(10)11)5-3-7(12)13/h9,14H,2-5H2,1H3,(H,10,11)(H,12,13). The van der Waals surface area contributed by atoms with E-state index < -0.39 is 22.7 Å². The highest BCUT2D eigenvalue weighted by atomic mass is 16.8. The number of rotatable bonds is 7. The number of carboxylic acids is 2. The maximum Gasteiger partial charge on any atom is 0.303 e. The summed E-state index contributed by atoms with van der Waals surface area (Å²) in [5, 5.41) is 35.4. The summed E-state index contributed by atoms with van der Waals surface area (Å²) in [7, 11) is 0. The summed E-state index contributed by atoms with van der Waals surface area (Å²) in [6.45, 7) is 1.36. The lowest BCUT2D eigenvalue weighted by Crippen LogP contribution is -3.13. The van der Waals surface area contributed by atoms with E-state index in [-0.39, 0.29) is 25.7 Å². The molecule has 0 saturated heterocycles. The van der Waals surface area contributed by atoms with Crippen molar-refractivity contribution < 1.29 is 30.2 Å². The molecule has 0 aromatic heterocycles. The minimum absolute atomic E-state index is 0.0645. The van der Waals surface area contributed by atoms with Crippen LogP contribution in [0.5, 0.6) is 0 Å². The Kier molecular flexibility index (Phi) is 5.20. The van der Waals surface area contributed by atoms with Gasteiger partial charge in [-0.25, -0.2) is 10.4 Å². The van der Waals surface area contributed by atoms with Gasteiger partial charge in [0.1, 0.15) is 5.54 Å². The van der Waals surface area contributed by atoms with Crippen molar-refractivity contribution in [3.05, 3.63) is 5.21 Å². The smallest absolute Gasteiger partial charge is 0.303 e. The molecule has 0 aliphatic carbocycles. The molecule has 0 aromatic carbocycles. The lowest BCUT2D eigenvalue weighted by Gasteiger charge is -2.34. The lowest BCUT2D eigenvalue weighted by molar-refractivity contribution is -1.09. The van der Waals surface area contributed by atoms with E-state index in [1.54, 1.807) is 0 Å². The average Bonchev–Trinajstić information content (AvgIpc) is 2.11. The Morgan fingerprint density at radius 2 is 1.53 bits per heavy atom. The lowest BCUT2D eigenvalue weighted by atomic mass is 9.91. The summed E-state index contributed by atoms with van der Waals surface area (Å²) in [4.78, 5) is 20.6. The maximum atomic E-state index is 10.9. The van der Waals surface area contributed by atoms with Crippen molar-refractivity contribution in [2.45, 2.75) is 38.1 Å². The summed E-state index contributed by atoms with van der Waals surface area (Å²) >= 11 is 0. The molecule has 1 atom stereocenters. The van der Waals surface area contributed by atoms with Crippen LogP contribution in [0, 0.1) is 5.21 Å². The van der Waals surface area contributed by atoms with Crippen molar-refractivity contribution >= 4 is 11.9 Å². The van der Waals surface area contributed by atoms with Gasteiger partial charge in [0.05, 0.1) is 12.8 Å². The van der Waals surface area contributed by atoms with Crippen molar-refractivity contribution in [1.29, 1.82) is 0 Å². The number of hydrogen-bond acceptors (Lipinski definition) is 4. The van der Waals surface area contributed by atoms with Crippen molar-refractivity contribution in [1.82, 2.24) is 0 Å². The summed E-state index contributed by atoms with van der Waals surface area (Å²) in [6.07, 6.45) is -0.680. The van der Waals surface area contributed by atoms with Gasteiger partial charge in [-0.1, -0.05) is 0 Å². The number of hydrogen-bond donors (Lipinski definition) is 4. The molecular weight excluding hydrogens is 206 g/mol. The van der Waals surface area contributed by atoms with Gasteiger partial charge in [-0.3, -0.25) is 9.59 Å². The van der Waals surface area contributed by atoms with Crippen LogP contribution < -0.4 is 5.23 Å². The maximum absolute atomic E-state index is 10.9. The molecule has 0 radical (unpaired) electrons. The number of nitrogens with one attached hydrogen (secondary N) is 1. The van der Waals surface area contributed by atoms with E-state index >= 15 is 0 Å². The highest BCUT2D eigenvalue weighted by Crippen LogP contribution is 2.15. The third kappa shape index (κ3) is 5.31. The Morgan fingerprint density at radius 1 is 1.20 bits per heavy atom. The second kappa shape index (κ2) is 5.64. The Hall–Kier alpha value is -1.18. The fraction of sp³-hybridized carbons (Fsp3) is 0.750. The first-order valence-corrected chi connectivity index (χ1v) is 4.45. The van der Waals surface area contributed by atoms with E-state index in [1.165, 1.54) is 6.92 Å². The number of carbonyl (C=O) groups is 2. The number of quaternary nitrogens is 1. The van der Waals surface area contributed by atoms with Crippen molar-refractivity contribution in [2.24, 2.45) is 0 Å². The Bertz CT molecular complexity index is 221. The predicted molar refractivity (Wildman–Crippen MR) is 48.3 cm³/mol. The molecule has 0 bridgehead atoms. The quantitative estimate of drug-likeness (QED) is 0.419. The van der Waals surface area contributed by atoms with Crippen LogP contribution in [0.15, 0.2) is 0 Å². The minimum Gasteiger partial charge on any atom is -0.600 e. The van der Waals surface area contributed by atoms with Crippen molar-refractivity contribution in [2.75, 3.05) is 0 Å². The van der Waals surface area contributed by atoms with Gasteiger partial charge in [0.15, 0.2) is 0 Å². The largest absolute Gasteiger partial charge is 0.600 e. The first-order valence-electron chi connectivity index (χ1n) is 4.45. The summed E-state index contributed by atoms with van der Waals surface area (Å²) < 4.78 is 0. The van der Waals surface area contributed by atoms with Crippen LogP contribution in [0.2, 0.25) is 0 Å². The van der Waals surface area contributed by atoms with E-state index in [4.69, 9.17) is 15.4 Å². The van der Waals surface area contributed by atoms with Crippen molar-refractivity contribution in [3.63, 3.8) is 0 Å². The zero-order valence-corrected chi connectivity index (χ0v) is 8.39. The second-order valence-corrected chi connectivity index (χ2v) is 3.65. The Labute approximate surface area is 86.5 Å². The van der Waals surface area contributed by atoms with Crippen LogP contribution in [0.3, 0.4) is 0 Å². The van der Waals surface area contributed by atoms with Gasteiger partial charge in [0.2, 0.25) is 0 Å². The summed E-state index contributed by atoms with van der Waals surface area (Å²) in [6, 6.07) is 0. The van der Waals surface area contributed by atoms with Crippen LogP contribution in [0.1, 0.15) is 32.6 Å². The normalized spacial score (nSPS) is 13.5. The fourth-order valence-electron chi connectivity index (χ4n) is 1.10. The van der Waals surface area contributed by atoms with Crippen LogP contribution in [0.25, 0.3) is 0 Å². The molecule has 1 unspecified atom stereocenters. The second-order valence-electron chi connectivity index (χ2n) is 3.65. The molecule has 7 heteroatoms. The Morgan fingerprint density at radius 3 is 1.73 bits per heavy atom. The molecule has 0 heterocycles. The van der Waals surface area contributed by atoms with Gasteiger partial charge in [-0.15, -0.1) is 0 Å². The highest BCUT2D eigenvalue weighted by Gasteiger charge is 2.32. The van der Waals surface area contributed by atoms with E-state index in [9.17, 15) is 14.8 Å². The van der Waals surface area contributed by atoms with Gasteiger partial charge in [-0.2, -0.15) is 0 Å². The van der Waals surface area contributed by atoms with Gasteiger partial charge < -0.3 is 15.4 Å². The topological polar surface area (TPSA) is 122 Å². The van der Waals surface area contributed by atoms with Crippen molar-refractivity contribution in [3.8, 4) is 0 Å². The van der Waals surface area contributed by atoms with Gasteiger partial charge in [0.25, 0.3) is 0 Å². The van der Waals surface area contributed by atoms with Crippen LogP contribution >= 0.6 is 0 Å². The molecule has 0 amide bonds. The van der Waals surface area contributed by atoms with E-state index in [1.807, 2.05) is 0 Å². The number of aliphatic carboxylic acids is 2. The molecule has 15 heavy (non-hydrogen) atoms. The predicted octanol–water partition coefficient (Wildman–Crippen LogP) is -0.753. The van der Waals surface area contributed by atoms with Gasteiger partial charge in [-0.05, 0) is 6.92 Å². The van der Waals surface area contributed by atoms with Crippen LogP contribution in [0.4, 0.5) is 0 Å². The summed E-state index contributed by atoms with van der Waals surface area (Å²) in [5.41, 5.74) is -1.28. The molecular formula is C8H15NO6. The molecule has 0 aliphatic rings. The van der Waals surface area contributed by atoms with Crippen LogP contribution in [-0.2, 0) is 9.59 Å². The highest BCUT2D eigenvalue weighted by molar-refractivity contribution is 5.67. The molecule has 88 valence electrons. The average molecular weight is 221 g/mol. The molecule has 0 saturated carbocycles. The monoisotopic (exact) mass is 221 g/mol. The molecule has 0 aliphatic heterocycles. The Balaban J connectivity index is 4.31. The molecule has 4 N–H and O–H groups in total. The molecule has 0 fully saturated rings. The van der Waals surface area contributed by atoms with E-state index in [0.29, 0.717) is 0 Å². The zero-order valence-electron chi connectivity index (χ0n) is 8.39. The molecule has 0 rings (SSSR count). The fourth-order valence-corrected chi connectivity index (χ4v) is 1.10. The number of carboxylic acid groups (broad SMARTS) is 2. The zero-order chi connectivity index (χ0) is 12.1. The first kappa shape index (κ1) is 13.8.